The number of carbonyl (C=O) groups is 1. The van der Waals surface area contributed by atoms with Crippen molar-refractivity contribution in [3.63, 3.8) is 0 Å². The predicted octanol–water partition coefficient (Wildman–Crippen LogP) is 2.95. The molecule has 0 aliphatic carbocycles. The summed E-state index contributed by atoms with van der Waals surface area (Å²) in [5.74, 6) is 1.05. The minimum Gasteiger partial charge on any atom is -0.494 e. The molecule has 0 aliphatic rings. The molecule has 7 nitrogen and oxygen atoms in total. The van der Waals surface area contributed by atoms with Crippen LogP contribution in [0.5, 0.6) is 11.5 Å². The van der Waals surface area contributed by atoms with E-state index in [-0.39, 0.29) is 5.91 Å². The first-order valence-electron chi connectivity index (χ1n) is 9.44. The number of rotatable bonds is 10. The second kappa shape index (κ2) is 10.2. The Morgan fingerprint density at radius 2 is 1.79 bits per heavy atom. The van der Waals surface area contributed by atoms with Gasteiger partial charge in [0.25, 0.3) is 5.91 Å². The van der Waals surface area contributed by atoms with E-state index in [1.54, 1.807) is 24.3 Å². The Balaban J connectivity index is 1.97. The summed E-state index contributed by atoms with van der Waals surface area (Å²) in [4.78, 5) is 12.5. The summed E-state index contributed by atoms with van der Waals surface area (Å²) in [6.07, 6.45) is 0.984. The number of nitrogens with zero attached hydrogens (tertiary/aromatic N) is 1. The zero-order chi connectivity index (χ0) is 21.4. The number of ether oxygens (including phenoxy) is 2. The van der Waals surface area contributed by atoms with Crippen molar-refractivity contribution in [1.29, 1.82) is 0 Å². The average molecular weight is 421 g/mol. The lowest BCUT2D eigenvalue weighted by molar-refractivity contribution is -0.128. The van der Waals surface area contributed by atoms with E-state index in [1.807, 2.05) is 38.1 Å². The molecule has 0 radical (unpaired) electrons. The third-order valence-corrected chi connectivity index (χ3v) is 5.52. The van der Waals surface area contributed by atoms with Gasteiger partial charge in [-0.2, -0.15) is 0 Å². The SMILES string of the molecule is CCOc1cccc(CNC(=O)[C@H](CC)Oc2ccc(N(C)S(C)(=O)=O)cc2)c1. The molecule has 0 bridgehead atoms. The van der Waals surface area contributed by atoms with Gasteiger partial charge in [-0.05, 0) is 55.3 Å². The standard InChI is InChI=1S/C21H28N2O5S/c1-5-20(21(24)22-15-16-8-7-9-19(14-16)27-6-2)28-18-12-10-17(11-13-18)23(3)29(4,25)26/h7-14,20H,5-6,15H2,1-4H3,(H,22,24)/t20-/m0/s1. The quantitative estimate of drug-likeness (QED) is 0.639. The molecule has 0 saturated carbocycles. The fraction of sp³-hybridized carbons (Fsp3) is 0.381. The summed E-state index contributed by atoms with van der Waals surface area (Å²) < 4.78 is 35.7. The van der Waals surface area contributed by atoms with Crippen LogP contribution < -0.4 is 19.1 Å². The summed E-state index contributed by atoms with van der Waals surface area (Å²) in [5, 5.41) is 2.88. The molecule has 0 saturated heterocycles. The Hall–Kier alpha value is -2.74. The molecule has 0 heterocycles. The van der Waals surface area contributed by atoms with Crippen LogP contribution in [0, 0.1) is 0 Å². The number of benzene rings is 2. The fourth-order valence-corrected chi connectivity index (χ4v) is 3.13. The second-order valence-electron chi connectivity index (χ2n) is 6.54. The summed E-state index contributed by atoms with van der Waals surface area (Å²) >= 11 is 0. The highest BCUT2D eigenvalue weighted by Crippen LogP contribution is 2.21. The molecular formula is C21H28N2O5S. The molecular weight excluding hydrogens is 392 g/mol. The van der Waals surface area contributed by atoms with Crippen LogP contribution in [0.3, 0.4) is 0 Å². The van der Waals surface area contributed by atoms with Crippen LogP contribution >= 0.6 is 0 Å². The van der Waals surface area contributed by atoms with Gasteiger partial charge in [-0.25, -0.2) is 8.42 Å². The van der Waals surface area contributed by atoms with Gasteiger partial charge in [0.05, 0.1) is 18.6 Å². The number of anilines is 1. The lowest BCUT2D eigenvalue weighted by atomic mass is 10.2. The van der Waals surface area contributed by atoms with Crippen molar-refractivity contribution in [3.8, 4) is 11.5 Å². The zero-order valence-electron chi connectivity index (χ0n) is 17.2. The summed E-state index contributed by atoms with van der Waals surface area (Å²) in [6, 6.07) is 14.1. The van der Waals surface area contributed by atoms with Gasteiger partial charge in [0, 0.05) is 13.6 Å². The van der Waals surface area contributed by atoms with E-state index in [9.17, 15) is 13.2 Å². The van der Waals surface area contributed by atoms with Gasteiger partial charge in [-0.1, -0.05) is 19.1 Å². The maximum absolute atomic E-state index is 12.5. The van der Waals surface area contributed by atoms with E-state index >= 15 is 0 Å². The number of hydrogen-bond donors (Lipinski definition) is 1. The van der Waals surface area contributed by atoms with E-state index in [1.165, 1.54) is 11.4 Å². The van der Waals surface area contributed by atoms with Gasteiger partial charge in [0.2, 0.25) is 10.0 Å². The summed E-state index contributed by atoms with van der Waals surface area (Å²) in [5.41, 5.74) is 1.46. The van der Waals surface area contributed by atoms with Crippen molar-refractivity contribution in [3.05, 3.63) is 54.1 Å². The molecule has 158 valence electrons. The van der Waals surface area contributed by atoms with Crippen LogP contribution in [0.25, 0.3) is 0 Å². The summed E-state index contributed by atoms with van der Waals surface area (Å²) in [6.45, 7) is 4.74. The predicted molar refractivity (Wildman–Crippen MR) is 114 cm³/mol. The first-order valence-corrected chi connectivity index (χ1v) is 11.3. The molecule has 0 aliphatic heterocycles. The minimum absolute atomic E-state index is 0.216. The van der Waals surface area contributed by atoms with Crippen molar-refractivity contribution < 1.29 is 22.7 Å². The van der Waals surface area contributed by atoms with Crippen LogP contribution in [0.2, 0.25) is 0 Å². The Morgan fingerprint density at radius 1 is 1.10 bits per heavy atom. The third kappa shape index (κ3) is 6.67. The molecule has 0 fully saturated rings. The molecule has 1 atom stereocenters. The fourth-order valence-electron chi connectivity index (χ4n) is 2.63. The van der Waals surface area contributed by atoms with Crippen molar-refractivity contribution >= 4 is 21.6 Å². The Morgan fingerprint density at radius 3 is 2.38 bits per heavy atom. The van der Waals surface area contributed by atoms with Crippen molar-refractivity contribution in [1.82, 2.24) is 5.32 Å². The zero-order valence-corrected chi connectivity index (χ0v) is 18.0. The van der Waals surface area contributed by atoms with Crippen molar-refractivity contribution in [2.75, 3.05) is 24.2 Å². The highest BCUT2D eigenvalue weighted by molar-refractivity contribution is 7.92. The highest BCUT2D eigenvalue weighted by Gasteiger charge is 2.19. The van der Waals surface area contributed by atoms with Gasteiger partial charge in [-0.3, -0.25) is 9.10 Å². The van der Waals surface area contributed by atoms with Crippen LogP contribution in [0.1, 0.15) is 25.8 Å². The average Bonchev–Trinajstić information content (AvgIpc) is 2.70. The van der Waals surface area contributed by atoms with Crippen LogP contribution in [0.15, 0.2) is 48.5 Å². The molecule has 0 spiro atoms. The van der Waals surface area contributed by atoms with E-state index in [0.717, 1.165) is 17.6 Å². The molecule has 29 heavy (non-hydrogen) atoms. The molecule has 0 unspecified atom stereocenters. The van der Waals surface area contributed by atoms with E-state index < -0.39 is 16.1 Å². The molecule has 8 heteroatoms. The lowest BCUT2D eigenvalue weighted by Gasteiger charge is -2.19. The molecule has 1 amide bonds. The number of hydrogen-bond acceptors (Lipinski definition) is 5. The maximum Gasteiger partial charge on any atom is 0.261 e. The third-order valence-electron chi connectivity index (χ3n) is 4.32. The van der Waals surface area contributed by atoms with Gasteiger partial charge in [0.1, 0.15) is 11.5 Å². The lowest BCUT2D eigenvalue weighted by Crippen LogP contribution is -2.37. The number of amides is 1. The number of carbonyl (C=O) groups excluding carboxylic acids is 1. The Labute approximate surface area is 172 Å². The monoisotopic (exact) mass is 420 g/mol. The highest BCUT2D eigenvalue weighted by atomic mass is 32.2. The first kappa shape index (κ1) is 22.5. The van der Waals surface area contributed by atoms with E-state index in [4.69, 9.17) is 9.47 Å². The molecule has 2 aromatic rings. The van der Waals surface area contributed by atoms with Crippen LogP contribution in [0.4, 0.5) is 5.69 Å². The molecule has 1 N–H and O–H groups in total. The van der Waals surface area contributed by atoms with Crippen molar-refractivity contribution in [2.24, 2.45) is 0 Å². The normalized spacial score (nSPS) is 12.1. The number of nitrogens with one attached hydrogen (secondary N) is 1. The topological polar surface area (TPSA) is 84.9 Å². The molecule has 0 aromatic heterocycles. The van der Waals surface area contributed by atoms with Gasteiger partial charge in [0.15, 0.2) is 6.10 Å². The Kier molecular flexibility index (Phi) is 7.90. The number of sulfonamides is 1. The van der Waals surface area contributed by atoms with E-state index in [0.29, 0.717) is 31.0 Å². The van der Waals surface area contributed by atoms with Crippen LogP contribution in [-0.2, 0) is 21.4 Å². The van der Waals surface area contributed by atoms with Gasteiger partial charge >= 0.3 is 0 Å². The van der Waals surface area contributed by atoms with Crippen LogP contribution in [-0.4, -0.2) is 40.3 Å². The summed E-state index contributed by atoms with van der Waals surface area (Å²) in [7, 11) is -1.85. The van der Waals surface area contributed by atoms with Crippen molar-refractivity contribution in [2.45, 2.75) is 32.9 Å². The first-order chi connectivity index (χ1) is 13.7. The smallest absolute Gasteiger partial charge is 0.261 e. The second-order valence-corrected chi connectivity index (χ2v) is 8.55. The van der Waals surface area contributed by atoms with Gasteiger partial charge < -0.3 is 14.8 Å². The minimum atomic E-state index is -3.33. The molecule has 2 rings (SSSR count). The maximum atomic E-state index is 12.5. The van der Waals surface area contributed by atoms with Gasteiger partial charge in [-0.15, -0.1) is 0 Å². The molecule has 2 aromatic carbocycles. The largest absolute Gasteiger partial charge is 0.494 e. The Bertz CT molecular complexity index is 913. The van der Waals surface area contributed by atoms with E-state index in [2.05, 4.69) is 5.32 Å².